The van der Waals surface area contributed by atoms with Crippen molar-refractivity contribution in [3.8, 4) is 0 Å². The van der Waals surface area contributed by atoms with E-state index in [1.807, 2.05) is 27.0 Å². The molecule has 0 spiro atoms. The molecule has 1 aromatic carbocycles. The van der Waals surface area contributed by atoms with E-state index in [1.165, 1.54) is 0 Å². The average Bonchev–Trinajstić information content (AvgIpc) is 2.63. The molecule has 2 amide bonds. The lowest BCUT2D eigenvalue weighted by Crippen LogP contribution is -2.44. The molecule has 0 aliphatic carbocycles. The smallest absolute Gasteiger partial charge is 0.329 e. The van der Waals surface area contributed by atoms with Crippen molar-refractivity contribution in [1.82, 2.24) is 10.6 Å². The summed E-state index contributed by atoms with van der Waals surface area (Å²) in [5.74, 6) is -0.545. The molecule has 0 fully saturated rings. The summed E-state index contributed by atoms with van der Waals surface area (Å²) in [6, 6.07) is 5.72. The van der Waals surface area contributed by atoms with Gasteiger partial charge in [-0.3, -0.25) is 9.59 Å². The third kappa shape index (κ3) is 8.22. The molecule has 6 nitrogen and oxygen atoms in total. The molecule has 0 aliphatic heterocycles. The number of rotatable bonds is 10. The number of hydrogen-bond donors (Lipinski definition) is 2. The van der Waals surface area contributed by atoms with E-state index in [0.29, 0.717) is 17.2 Å². The van der Waals surface area contributed by atoms with Gasteiger partial charge in [-0.2, -0.15) is 11.8 Å². The molecule has 2 atom stereocenters. The fraction of sp³-hybridized carbons (Fsp3) is 0.526. The average molecular weight is 415 g/mol. The molecule has 1 rings (SSSR count). The van der Waals surface area contributed by atoms with E-state index in [4.69, 9.17) is 16.3 Å². The van der Waals surface area contributed by atoms with Gasteiger partial charge < -0.3 is 15.4 Å². The van der Waals surface area contributed by atoms with E-state index in [9.17, 15) is 14.4 Å². The Kier molecular flexibility index (Phi) is 10.3. The zero-order chi connectivity index (χ0) is 20.4. The molecule has 0 heterocycles. The number of halogens is 1. The summed E-state index contributed by atoms with van der Waals surface area (Å²) in [4.78, 5) is 36.7. The monoisotopic (exact) mass is 414 g/mol. The van der Waals surface area contributed by atoms with Gasteiger partial charge in [0.15, 0.2) is 6.61 Å². The molecule has 0 radical (unpaired) electrons. The first-order valence-electron chi connectivity index (χ1n) is 8.76. The molecule has 0 saturated heterocycles. The fourth-order valence-corrected chi connectivity index (χ4v) is 2.76. The minimum absolute atomic E-state index is 0.0246. The maximum atomic E-state index is 12.4. The van der Waals surface area contributed by atoms with Crippen LogP contribution < -0.4 is 10.6 Å². The van der Waals surface area contributed by atoms with Gasteiger partial charge in [0.1, 0.15) is 6.04 Å². The highest BCUT2D eigenvalue weighted by Crippen LogP contribution is 2.15. The largest absolute Gasteiger partial charge is 0.454 e. The number of hydrogen-bond acceptors (Lipinski definition) is 5. The van der Waals surface area contributed by atoms with Crippen LogP contribution in [-0.2, 0) is 14.3 Å². The van der Waals surface area contributed by atoms with Crippen LogP contribution in [0.4, 0.5) is 0 Å². The summed E-state index contributed by atoms with van der Waals surface area (Å²) in [6.45, 7) is 5.47. The Morgan fingerprint density at radius 3 is 2.41 bits per heavy atom. The second kappa shape index (κ2) is 11.9. The van der Waals surface area contributed by atoms with Gasteiger partial charge in [-0.15, -0.1) is 0 Å². The molecule has 0 bridgehead atoms. The number of ether oxygens (including phenoxy) is 1. The Balaban J connectivity index is 2.67. The van der Waals surface area contributed by atoms with Crippen molar-refractivity contribution in [2.45, 2.75) is 39.3 Å². The molecule has 2 N–H and O–H groups in total. The predicted octanol–water partition coefficient (Wildman–Crippen LogP) is 2.90. The van der Waals surface area contributed by atoms with Crippen molar-refractivity contribution >= 4 is 41.1 Å². The summed E-state index contributed by atoms with van der Waals surface area (Å²) in [6.07, 6.45) is 2.29. The third-order valence-electron chi connectivity index (χ3n) is 4.05. The Bertz CT molecular complexity index is 654. The lowest BCUT2D eigenvalue weighted by Gasteiger charge is -2.19. The maximum absolute atomic E-state index is 12.4. The highest BCUT2D eigenvalue weighted by Gasteiger charge is 2.24. The topological polar surface area (TPSA) is 84.5 Å². The number of thioether (sulfide) groups is 1. The van der Waals surface area contributed by atoms with Gasteiger partial charge >= 0.3 is 5.97 Å². The van der Waals surface area contributed by atoms with Crippen molar-refractivity contribution in [3.63, 3.8) is 0 Å². The number of benzene rings is 1. The first-order valence-corrected chi connectivity index (χ1v) is 10.5. The fourth-order valence-electron chi connectivity index (χ4n) is 2.07. The van der Waals surface area contributed by atoms with E-state index in [0.717, 1.165) is 0 Å². The zero-order valence-corrected chi connectivity index (χ0v) is 17.7. The number of carbonyl (C=O) groups excluding carboxylic acids is 3. The van der Waals surface area contributed by atoms with E-state index >= 15 is 0 Å². The minimum atomic E-state index is -0.850. The maximum Gasteiger partial charge on any atom is 0.329 e. The summed E-state index contributed by atoms with van der Waals surface area (Å²) >= 11 is 7.57. The van der Waals surface area contributed by atoms with Crippen molar-refractivity contribution in [2.75, 3.05) is 18.6 Å². The molecule has 0 aromatic heterocycles. The number of nitrogens with one attached hydrogen (secondary N) is 2. The van der Waals surface area contributed by atoms with Gasteiger partial charge in [0, 0.05) is 6.04 Å². The van der Waals surface area contributed by atoms with E-state index in [2.05, 4.69) is 10.6 Å². The molecular weight excluding hydrogens is 388 g/mol. The first kappa shape index (κ1) is 23.3. The van der Waals surface area contributed by atoms with Crippen molar-refractivity contribution < 1.29 is 19.1 Å². The lowest BCUT2D eigenvalue weighted by atomic mass is 10.1. The Morgan fingerprint density at radius 1 is 1.15 bits per heavy atom. The van der Waals surface area contributed by atoms with Gasteiger partial charge in [-0.05, 0) is 43.4 Å². The van der Waals surface area contributed by atoms with Gasteiger partial charge in [0.25, 0.3) is 11.8 Å². The predicted molar refractivity (Wildman–Crippen MR) is 109 cm³/mol. The van der Waals surface area contributed by atoms with Crippen molar-refractivity contribution in [2.24, 2.45) is 5.92 Å². The van der Waals surface area contributed by atoms with Crippen molar-refractivity contribution in [1.29, 1.82) is 0 Å². The van der Waals surface area contributed by atoms with Gasteiger partial charge in [0.2, 0.25) is 0 Å². The first-order chi connectivity index (χ1) is 12.8. The second-order valence-electron chi connectivity index (χ2n) is 6.50. The summed E-state index contributed by atoms with van der Waals surface area (Å²) in [5.41, 5.74) is 0.282. The van der Waals surface area contributed by atoms with Crippen LogP contribution in [0.3, 0.4) is 0 Å². The van der Waals surface area contributed by atoms with E-state index in [1.54, 1.807) is 36.0 Å². The van der Waals surface area contributed by atoms with Crippen LogP contribution in [0.1, 0.15) is 37.6 Å². The zero-order valence-electron chi connectivity index (χ0n) is 16.1. The highest BCUT2D eigenvalue weighted by molar-refractivity contribution is 7.98. The summed E-state index contributed by atoms with van der Waals surface area (Å²) < 4.78 is 5.10. The Morgan fingerprint density at radius 2 is 1.81 bits per heavy atom. The second-order valence-corrected chi connectivity index (χ2v) is 7.89. The molecule has 27 heavy (non-hydrogen) atoms. The highest BCUT2D eigenvalue weighted by atomic mass is 35.5. The normalized spacial score (nSPS) is 13.0. The van der Waals surface area contributed by atoms with Crippen LogP contribution in [0.15, 0.2) is 24.3 Å². The molecule has 150 valence electrons. The number of carbonyl (C=O) groups is 3. The Labute approximate surface area is 169 Å². The molecule has 1 aromatic rings. The van der Waals surface area contributed by atoms with Crippen LogP contribution >= 0.6 is 23.4 Å². The van der Waals surface area contributed by atoms with Crippen LogP contribution in [0.25, 0.3) is 0 Å². The van der Waals surface area contributed by atoms with Gasteiger partial charge in [-0.25, -0.2) is 4.79 Å². The van der Waals surface area contributed by atoms with Crippen LogP contribution in [-0.4, -0.2) is 48.5 Å². The van der Waals surface area contributed by atoms with Gasteiger partial charge in [0.05, 0.1) is 10.6 Å². The van der Waals surface area contributed by atoms with Crippen LogP contribution in [0.2, 0.25) is 5.02 Å². The Hall–Kier alpha value is -1.73. The quantitative estimate of drug-likeness (QED) is 0.575. The number of esters is 1. The summed E-state index contributed by atoms with van der Waals surface area (Å²) in [7, 11) is 0. The molecule has 0 aliphatic rings. The standard InChI is InChI=1S/C19H27ClN2O4S/c1-12(2)13(3)21-17(23)11-26-19(25)16(9-10-27-4)22-18(24)14-7-5-6-8-15(14)20/h5-8,12-13,16H,9-11H2,1-4H3,(H,21,23)(H,22,24). The van der Waals surface area contributed by atoms with Crippen LogP contribution in [0, 0.1) is 5.92 Å². The number of amides is 2. The van der Waals surface area contributed by atoms with Crippen LogP contribution in [0.5, 0.6) is 0 Å². The van der Waals surface area contributed by atoms with E-state index in [-0.39, 0.29) is 30.0 Å². The molecular formula is C19H27ClN2O4S. The van der Waals surface area contributed by atoms with Crippen molar-refractivity contribution in [3.05, 3.63) is 34.9 Å². The third-order valence-corrected chi connectivity index (χ3v) is 5.03. The molecule has 2 unspecified atom stereocenters. The van der Waals surface area contributed by atoms with E-state index < -0.39 is 17.9 Å². The lowest BCUT2D eigenvalue weighted by molar-refractivity contribution is -0.150. The summed E-state index contributed by atoms with van der Waals surface area (Å²) in [5, 5.41) is 5.71. The minimum Gasteiger partial charge on any atom is -0.454 e. The molecule has 0 saturated carbocycles. The SMILES string of the molecule is CSCCC(NC(=O)c1ccccc1Cl)C(=O)OCC(=O)NC(C)C(C)C. The van der Waals surface area contributed by atoms with Gasteiger partial charge in [-0.1, -0.05) is 37.6 Å². The molecule has 8 heteroatoms.